The second-order valence-corrected chi connectivity index (χ2v) is 2.36. The summed E-state index contributed by atoms with van der Waals surface area (Å²) < 4.78 is 1.37. The molecular formula is C7H11N3O. The summed E-state index contributed by atoms with van der Waals surface area (Å²) >= 11 is 0. The summed E-state index contributed by atoms with van der Waals surface area (Å²) in [6.07, 6.45) is 2.36. The van der Waals surface area contributed by atoms with E-state index < -0.39 is 6.03 Å². The Morgan fingerprint density at radius 1 is 1.82 bits per heavy atom. The molecule has 0 atom stereocenters. The lowest BCUT2D eigenvalue weighted by atomic mass is 10.4. The molecule has 0 bridgehead atoms. The number of aromatic nitrogens is 2. The topological polar surface area (TPSA) is 60.9 Å². The third-order valence-electron chi connectivity index (χ3n) is 1.45. The summed E-state index contributed by atoms with van der Waals surface area (Å²) in [6, 6.07) is -0.470. The van der Waals surface area contributed by atoms with Crippen LogP contribution in [0.4, 0.5) is 4.79 Å². The lowest BCUT2D eigenvalue weighted by Crippen LogP contribution is -2.20. The SMILES string of the molecule is CCc1nc(C)cn1C(N)=O. The Bertz CT molecular complexity index is 277. The first kappa shape index (κ1) is 7.78. The van der Waals surface area contributed by atoms with Gasteiger partial charge in [0.25, 0.3) is 0 Å². The first-order valence-corrected chi connectivity index (χ1v) is 3.49. The molecule has 0 saturated carbocycles. The zero-order valence-corrected chi connectivity index (χ0v) is 6.66. The smallest absolute Gasteiger partial charge is 0.324 e. The van der Waals surface area contributed by atoms with Gasteiger partial charge in [0.05, 0.1) is 5.69 Å². The van der Waals surface area contributed by atoms with Gasteiger partial charge >= 0.3 is 6.03 Å². The van der Waals surface area contributed by atoms with Crippen molar-refractivity contribution in [1.82, 2.24) is 9.55 Å². The first-order chi connectivity index (χ1) is 5.15. The Morgan fingerprint density at radius 3 is 2.82 bits per heavy atom. The second kappa shape index (κ2) is 2.74. The molecule has 0 unspecified atom stereocenters. The van der Waals surface area contributed by atoms with Gasteiger partial charge in [0.1, 0.15) is 5.82 Å². The highest BCUT2D eigenvalue weighted by Crippen LogP contribution is 2.01. The van der Waals surface area contributed by atoms with E-state index in [0.717, 1.165) is 17.9 Å². The number of carbonyl (C=O) groups is 1. The number of amides is 1. The fourth-order valence-corrected chi connectivity index (χ4v) is 0.988. The molecular weight excluding hydrogens is 142 g/mol. The van der Waals surface area contributed by atoms with E-state index >= 15 is 0 Å². The third kappa shape index (κ3) is 1.39. The molecule has 1 heterocycles. The summed E-state index contributed by atoms with van der Waals surface area (Å²) in [5, 5.41) is 0. The van der Waals surface area contributed by atoms with E-state index in [4.69, 9.17) is 5.73 Å². The summed E-state index contributed by atoms with van der Waals surface area (Å²) in [7, 11) is 0. The van der Waals surface area contributed by atoms with Crippen LogP contribution in [0, 0.1) is 6.92 Å². The number of aryl methyl sites for hydroxylation is 2. The van der Waals surface area contributed by atoms with Crippen molar-refractivity contribution in [2.75, 3.05) is 0 Å². The van der Waals surface area contributed by atoms with Gasteiger partial charge in [-0.05, 0) is 6.92 Å². The molecule has 2 N–H and O–H groups in total. The van der Waals surface area contributed by atoms with Crippen molar-refractivity contribution >= 4 is 6.03 Å². The molecule has 0 aromatic carbocycles. The summed E-state index contributed by atoms with van der Waals surface area (Å²) in [6.45, 7) is 3.76. The van der Waals surface area contributed by atoms with Crippen molar-refractivity contribution in [3.63, 3.8) is 0 Å². The van der Waals surface area contributed by atoms with Gasteiger partial charge in [-0.15, -0.1) is 0 Å². The fourth-order valence-electron chi connectivity index (χ4n) is 0.988. The van der Waals surface area contributed by atoms with Crippen LogP contribution in [-0.4, -0.2) is 15.6 Å². The molecule has 0 fully saturated rings. The minimum Gasteiger partial charge on any atom is -0.351 e. The van der Waals surface area contributed by atoms with E-state index in [1.165, 1.54) is 4.57 Å². The van der Waals surface area contributed by atoms with E-state index in [0.29, 0.717) is 0 Å². The first-order valence-electron chi connectivity index (χ1n) is 3.49. The highest BCUT2D eigenvalue weighted by Gasteiger charge is 2.06. The number of hydrogen-bond acceptors (Lipinski definition) is 2. The van der Waals surface area contributed by atoms with Gasteiger partial charge < -0.3 is 5.73 Å². The lowest BCUT2D eigenvalue weighted by Gasteiger charge is -1.97. The molecule has 1 aromatic rings. The van der Waals surface area contributed by atoms with Crippen LogP contribution in [0.2, 0.25) is 0 Å². The molecule has 1 rings (SSSR count). The van der Waals surface area contributed by atoms with Crippen LogP contribution in [0.1, 0.15) is 18.4 Å². The zero-order valence-electron chi connectivity index (χ0n) is 6.66. The summed E-state index contributed by atoms with van der Waals surface area (Å²) in [5.41, 5.74) is 5.91. The molecule has 1 amide bonds. The number of nitrogens with zero attached hydrogens (tertiary/aromatic N) is 2. The van der Waals surface area contributed by atoms with Crippen LogP contribution in [0.3, 0.4) is 0 Å². The molecule has 60 valence electrons. The monoisotopic (exact) mass is 153 g/mol. The Hall–Kier alpha value is -1.32. The van der Waals surface area contributed by atoms with Crippen molar-refractivity contribution in [3.8, 4) is 0 Å². The van der Waals surface area contributed by atoms with Gasteiger partial charge in [-0.1, -0.05) is 6.92 Å². The Labute approximate surface area is 65.0 Å². The van der Waals surface area contributed by atoms with Crippen LogP contribution in [0.5, 0.6) is 0 Å². The maximum Gasteiger partial charge on any atom is 0.324 e. The fraction of sp³-hybridized carbons (Fsp3) is 0.429. The minimum atomic E-state index is -0.470. The molecule has 0 radical (unpaired) electrons. The summed E-state index contributed by atoms with van der Waals surface area (Å²) in [5.74, 6) is 0.718. The lowest BCUT2D eigenvalue weighted by molar-refractivity contribution is 0.249. The van der Waals surface area contributed by atoms with E-state index in [1.54, 1.807) is 6.20 Å². The minimum absolute atomic E-state index is 0.470. The molecule has 0 spiro atoms. The van der Waals surface area contributed by atoms with Gasteiger partial charge in [0, 0.05) is 12.6 Å². The average Bonchev–Trinajstić information content (AvgIpc) is 2.30. The molecule has 4 nitrogen and oxygen atoms in total. The molecule has 4 heteroatoms. The van der Waals surface area contributed by atoms with Crippen LogP contribution < -0.4 is 5.73 Å². The molecule has 1 aromatic heterocycles. The maximum atomic E-state index is 10.7. The number of carbonyl (C=O) groups excluding carboxylic acids is 1. The predicted molar refractivity (Wildman–Crippen MR) is 41.3 cm³/mol. The highest BCUT2D eigenvalue weighted by molar-refractivity contribution is 5.75. The normalized spacial score (nSPS) is 10.0. The number of nitrogens with two attached hydrogens (primary N) is 1. The van der Waals surface area contributed by atoms with Crippen LogP contribution in [0.25, 0.3) is 0 Å². The van der Waals surface area contributed by atoms with Gasteiger partial charge in [-0.25, -0.2) is 9.78 Å². The predicted octanol–water partition coefficient (Wildman–Crippen LogP) is 0.681. The van der Waals surface area contributed by atoms with E-state index in [9.17, 15) is 4.79 Å². The third-order valence-corrected chi connectivity index (χ3v) is 1.45. The van der Waals surface area contributed by atoms with Crippen LogP contribution in [0.15, 0.2) is 6.20 Å². The number of primary amides is 1. The molecule has 11 heavy (non-hydrogen) atoms. The zero-order chi connectivity index (χ0) is 8.43. The standard InChI is InChI=1S/C7H11N3O/c1-3-6-9-5(2)4-10(6)7(8)11/h4H,3H2,1-2H3,(H2,8,11). The van der Waals surface area contributed by atoms with Gasteiger partial charge in [-0.3, -0.25) is 4.57 Å². The highest BCUT2D eigenvalue weighted by atomic mass is 16.2. The molecule has 0 aliphatic carbocycles. The number of hydrogen-bond donors (Lipinski definition) is 1. The quantitative estimate of drug-likeness (QED) is 0.645. The van der Waals surface area contributed by atoms with E-state index in [-0.39, 0.29) is 0 Å². The molecule has 0 aliphatic rings. The van der Waals surface area contributed by atoms with Crippen LogP contribution >= 0.6 is 0 Å². The van der Waals surface area contributed by atoms with Crippen molar-refractivity contribution in [2.45, 2.75) is 20.3 Å². The van der Waals surface area contributed by atoms with Crippen molar-refractivity contribution in [3.05, 3.63) is 17.7 Å². The van der Waals surface area contributed by atoms with Gasteiger partial charge in [0.15, 0.2) is 0 Å². The van der Waals surface area contributed by atoms with Gasteiger partial charge in [-0.2, -0.15) is 0 Å². The number of imidazole rings is 1. The second-order valence-electron chi connectivity index (χ2n) is 2.36. The maximum absolute atomic E-state index is 10.7. The Kier molecular flexibility index (Phi) is 1.94. The van der Waals surface area contributed by atoms with E-state index in [2.05, 4.69) is 4.98 Å². The van der Waals surface area contributed by atoms with Crippen molar-refractivity contribution < 1.29 is 4.79 Å². The average molecular weight is 153 g/mol. The largest absolute Gasteiger partial charge is 0.351 e. The van der Waals surface area contributed by atoms with Crippen molar-refractivity contribution in [2.24, 2.45) is 5.73 Å². The van der Waals surface area contributed by atoms with Gasteiger partial charge in [0.2, 0.25) is 0 Å². The molecule has 0 aliphatic heterocycles. The van der Waals surface area contributed by atoms with E-state index in [1.807, 2.05) is 13.8 Å². The van der Waals surface area contributed by atoms with Crippen molar-refractivity contribution in [1.29, 1.82) is 0 Å². The number of rotatable bonds is 1. The van der Waals surface area contributed by atoms with Crippen LogP contribution in [-0.2, 0) is 6.42 Å². The molecule has 0 saturated heterocycles. The Morgan fingerprint density at radius 2 is 2.45 bits per heavy atom. The summed E-state index contributed by atoms with van der Waals surface area (Å²) in [4.78, 5) is 14.9. The Balaban J connectivity index is 3.12.